The minimum Gasteiger partial charge on any atom is -0.293 e. The summed E-state index contributed by atoms with van der Waals surface area (Å²) in [5.74, 6) is 1.99. The van der Waals surface area contributed by atoms with Crippen LogP contribution in [0.1, 0.15) is 70.7 Å². The normalized spacial score (nSPS) is 28.6. The van der Waals surface area contributed by atoms with E-state index in [4.69, 9.17) is 0 Å². The lowest BCUT2D eigenvalue weighted by Crippen LogP contribution is -2.53. The Morgan fingerprint density at radius 1 is 0.667 bits per heavy atom. The highest BCUT2D eigenvalue weighted by molar-refractivity contribution is 7.23. The van der Waals surface area contributed by atoms with Gasteiger partial charge in [0.1, 0.15) is 0 Å². The van der Waals surface area contributed by atoms with Gasteiger partial charge in [-0.2, -0.15) is 0 Å². The molecule has 8 rings (SSSR count). The van der Waals surface area contributed by atoms with E-state index in [1.165, 1.54) is 51.6 Å². The van der Waals surface area contributed by atoms with E-state index in [9.17, 15) is 9.59 Å². The van der Waals surface area contributed by atoms with Crippen molar-refractivity contribution in [1.82, 2.24) is 0 Å². The quantitative estimate of drug-likeness (QED) is 0.205. The number of Topliss-reactive ketones (excluding diaryl/α,β-unsaturated/α-hetero) is 2. The summed E-state index contributed by atoms with van der Waals surface area (Å²) in [6.45, 7) is 0. The van der Waals surface area contributed by atoms with Crippen molar-refractivity contribution in [1.29, 1.82) is 0 Å². The summed E-state index contributed by atoms with van der Waals surface area (Å²) in [5, 5.41) is 4.18. The van der Waals surface area contributed by atoms with Crippen molar-refractivity contribution >= 4 is 56.9 Å². The van der Waals surface area contributed by atoms with Crippen LogP contribution in [0, 0.1) is 22.7 Å². The van der Waals surface area contributed by atoms with E-state index in [1.807, 2.05) is 12.1 Å². The average molecular weight is 549 g/mol. The third-order valence-corrected chi connectivity index (χ3v) is 13.0. The van der Waals surface area contributed by atoms with Gasteiger partial charge in [0.15, 0.2) is 11.6 Å². The Morgan fingerprint density at radius 3 is 1.56 bits per heavy atom. The van der Waals surface area contributed by atoms with Crippen LogP contribution in [0.15, 0.2) is 59.3 Å². The number of hydrogen-bond acceptors (Lipinski definition) is 6. The average Bonchev–Trinajstić information content (AvgIpc) is 3.64. The minimum atomic E-state index is 0.0894. The molecular formula is C30H28O2S4. The summed E-state index contributed by atoms with van der Waals surface area (Å²) >= 11 is 6.75. The molecule has 184 valence electrons. The molecule has 6 heteroatoms. The van der Waals surface area contributed by atoms with Gasteiger partial charge < -0.3 is 0 Å². The maximum Gasteiger partial charge on any atom is 0.173 e. The lowest BCUT2D eigenvalue weighted by Gasteiger charge is -2.62. The molecule has 0 amide bonds. The molecule has 4 aliphatic carbocycles. The van der Waals surface area contributed by atoms with Crippen molar-refractivity contribution in [3.05, 3.63) is 69.0 Å². The fourth-order valence-electron chi connectivity index (χ4n) is 8.00. The number of carbonyl (C=O) groups is 2. The van der Waals surface area contributed by atoms with Crippen LogP contribution in [0.2, 0.25) is 0 Å². The SMILES string of the molecule is O=C(CC12CC3CC(C1)CC(CC(=O)c1ccc(-c4cccs4)s1)(C3)C2)c1ccc(-c2cccs2)s1. The first kappa shape index (κ1) is 23.3. The lowest BCUT2D eigenvalue weighted by atomic mass is 9.42. The van der Waals surface area contributed by atoms with Crippen LogP contribution in [0.4, 0.5) is 0 Å². The molecule has 0 radical (unpaired) electrons. The maximum absolute atomic E-state index is 13.5. The standard InChI is InChI=1S/C30H28O2S4/c31-21(23-5-7-27(35-23)25-3-1-9-33-25)16-29-12-19-11-20(13-29)15-30(14-19,18-29)17-22(32)24-6-8-28(36-24)26-4-2-10-34-26/h1-10,19-20H,11-18H2. The first-order valence-electron chi connectivity index (χ1n) is 12.8. The Labute approximate surface area is 228 Å². The van der Waals surface area contributed by atoms with Gasteiger partial charge in [-0.15, -0.1) is 45.3 Å². The molecule has 0 N–H and O–H groups in total. The van der Waals surface area contributed by atoms with Crippen LogP contribution in [-0.2, 0) is 0 Å². The summed E-state index contributed by atoms with van der Waals surface area (Å²) in [7, 11) is 0. The monoisotopic (exact) mass is 548 g/mol. The molecule has 4 fully saturated rings. The zero-order valence-electron chi connectivity index (χ0n) is 20.0. The summed E-state index contributed by atoms with van der Waals surface area (Å²) in [6, 6.07) is 16.7. The molecule has 0 aliphatic heterocycles. The van der Waals surface area contributed by atoms with Crippen LogP contribution in [0.3, 0.4) is 0 Å². The first-order valence-corrected chi connectivity index (χ1v) is 16.2. The summed E-state index contributed by atoms with van der Waals surface area (Å²) < 4.78 is 0. The molecular weight excluding hydrogens is 521 g/mol. The maximum atomic E-state index is 13.5. The van der Waals surface area contributed by atoms with E-state index < -0.39 is 0 Å². The van der Waals surface area contributed by atoms with Gasteiger partial charge in [0.05, 0.1) is 9.75 Å². The van der Waals surface area contributed by atoms with Crippen molar-refractivity contribution in [2.24, 2.45) is 22.7 Å². The summed E-state index contributed by atoms with van der Waals surface area (Å²) in [5.41, 5.74) is 0.179. The minimum absolute atomic E-state index is 0.0894. The highest BCUT2D eigenvalue weighted by Gasteiger charge is 2.58. The van der Waals surface area contributed by atoms with Gasteiger partial charge in [0.25, 0.3) is 0 Å². The molecule has 4 aliphatic rings. The predicted octanol–water partition coefficient (Wildman–Crippen LogP) is 9.70. The Balaban J connectivity index is 1.09. The fraction of sp³-hybridized carbons (Fsp3) is 0.400. The van der Waals surface area contributed by atoms with Crippen molar-refractivity contribution < 1.29 is 9.59 Å². The molecule has 4 saturated carbocycles. The fourth-order valence-corrected chi connectivity index (χ4v) is 11.6. The van der Waals surface area contributed by atoms with Gasteiger partial charge in [-0.3, -0.25) is 9.59 Å². The van der Waals surface area contributed by atoms with Crippen LogP contribution in [-0.4, -0.2) is 11.6 Å². The molecule has 36 heavy (non-hydrogen) atoms. The highest BCUT2D eigenvalue weighted by Crippen LogP contribution is 2.67. The topological polar surface area (TPSA) is 34.1 Å². The summed E-state index contributed by atoms with van der Waals surface area (Å²) in [6.07, 6.45) is 8.37. The highest BCUT2D eigenvalue weighted by atomic mass is 32.1. The van der Waals surface area contributed by atoms with E-state index in [1.54, 1.807) is 45.3 Å². The molecule has 4 aromatic heterocycles. The second kappa shape index (κ2) is 8.87. The third-order valence-electron chi connectivity index (χ3n) is 8.66. The number of rotatable bonds is 8. The summed E-state index contributed by atoms with van der Waals surface area (Å²) in [4.78, 5) is 33.7. The lowest BCUT2D eigenvalue weighted by molar-refractivity contribution is -0.108. The van der Waals surface area contributed by atoms with Crippen molar-refractivity contribution in [2.75, 3.05) is 0 Å². The zero-order valence-corrected chi connectivity index (χ0v) is 23.3. The molecule has 4 aromatic rings. The van der Waals surface area contributed by atoms with Gasteiger partial charge in [0.2, 0.25) is 0 Å². The van der Waals surface area contributed by atoms with Crippen LogP contribution >= 0.6 is 45.3 Å². The molecule has 0 aromatic carbocycles. The van der Waals surface area contributed by atoms with Gasteiger partial charge in [-0.05, 0) is 108 Å². The van der Waals surface area contributed by atoms with Gasteiger partial charge in [-0.25, -0.2) is 0 Å². The van der Waals surface area contributed by atoms with Crippen molar-refractivity contribution in [2.45, 2.75) is 51.4 Å². The van der Waals surface area contributed by atoms with E-state index in [2.05, 4.69) is 47.2 Å². The Hall–Kier alpha value is -1.86. The van der Waals surface area contributed by atoms with Gasteiger partial charge in [-0.1, -0.05) is 12.1 Å². The largest absolute Gasteiger partial charge is 0.293 e. The second-order valence-corrected chi connectivity index (χ2v) is 15.5. The van der Waals surface area contributed by atoms with Crippen molar-refractivity contribution in [3.63, 3.8) is 0 Å². The molecule has 0 unspecified atom stereocenters. The van der Waals surface area contributed by atoms with Crippen LogP contribution < -0.4 is 0 Å². The zero-order chi connectivity index (χ0) is 24.3. The van der Waals surface area contributed by atoms with E-state index in [0.717, 1.165) is 16.2 Å². The molecule has 0 atom stereocenters. The number of carbonyl (C=O) groups excluding carboxylic acids is 2. The van der Waals surface area contributed by atoms with Crippen LogP contribution in [0.5, 0.6) is 0 Å². The van der Waals surface area contributed by atoms with E-state index in [-0.39, 0.29) is 10.8 Å². The Bertz CT molecular complexity index is 1290. The Kier molecular flexibility index (Phi) is 5.73. The van der Waals surface area contributed by atoms with Gasteiger partial charge >= 0.3 is 0 Å². The number of ketones is 2. The first-order chi connectivity index (χ1) is 17.5. The number of hydrogen-bond donors (Lipinski definition) is 0. The molecule has 2 nitrogen and oxygen atoms in total. The predicted molar refractivity (Wildman–Crippen MR) is 153 cm³/mol. The second-order valence-electron chi connectivity index (χ2n) is 11.4. The molecule has 4 bridgehead atoms. The van der Waals surface area contributed by atoms with Crippen LogP contribution in [0.25, 0.3) is 19.5 Å². The third kappa shape index (κ3) is 4.20. The van der Waals surface area contributed by atoms with Crippen molar-refractivity contribution in [3.8, 4) is 19.5 Å². The van der Waals surface area contributed by atoms with Gasteiger partial charge in [0, 0.05) is 32.4 Å². The number of thiophene rings is 4. The molecule has 0 saturated heterocycles. The van der Waals surface area contributed by atoms with E-state index in [0.29, 0.717) is 36.2 Å². The molecule has 0 spiro atoms. The molecule has 4 heterocycles. The smallest absolute Gasteiger partial charge is 0.173 e. The van der Waals surface area contributed by atoms with E-state index >= 15 is 0 Å². The Morgan fingerprint density at radius 2 is 1.14 bits per heavy atom.